The fourth-order valence-electron chi connectivity index (χ4n) is 3.09. The zero-order valence-electron chi connectivity index (χ0n) is 16.6. The Labute approximate surface area is 164 Å². The molecule has 0 bridgehead atoms. The summed E-state index contributed by atoms with van der Waals surface area (Å²) in [5.74, 6) is -1.11. The second kappa shape index (κ2) is 9.07. The van der Waals surface area contributed by atoms with Crippen molar-refractivity contribution >= 4 is 17.8 Å². The summed E-state index contributed by atoms with van der Waals surface area (Å²) in [7, 11) is 0. The monoisotopic (exact) mass is 385 g/mol. The molecular formula is C20H27N5O3. The minimum absolute atomic E-state index is 0.146. The van der Waals surface area contributed by atoms with Gasteiger partial charge in [0.25, 0.3) is 11.8 Å². The van der Waals surface area contributed by atoms with Gasteiger partial charge in [-0.3, -0.25) is 20.4 Å². The first-order valence-electron chi connectivity index (χ1n) is 9.16. The Morgan fingerprint density at radius 2 is 1.75 bits per heavy atom. The van der Waals surface area contributed by atoms with E-state index in [1.54, 1.807) is 6.07 Å². The summed E-state index contributed by atoms with van der Waals surface area (Å²) in [5.41, 5.74) is 13.0. The van der Waals surface area contributed by atoms with Gasteiger partial charge < -0.3 is 15.6 Å². The Hall–Kier alpha value is -3.29. The van der Waals surface area contributed by atoms with Gasteiger partial charge in [0.15, 0.2) is 0 Å². The molecule has 1 aromatic heterocycles. The summed E-state index contributed by atoms with van der Waals surface area (Å²) in [4.78, 5) is 36.1. The molecule has 2 atom stereocenters. The van der Waals surface area contributed by atoms with Gasteiger partial charge in [0.1, 0.15) is 6.04 Å². The number of nitrogens with one attached hydrogen (secondary N) is 3. The van der Waals surface area contributed by atoms with Gasteiger partial charge in [-0.05, 0) is 38.0 Å². The molecule has 0 radical (unpaired) electrons. The second-order valence-electron chi connectivity index (χ2n) is 6.77. The van der Waals surface area contributed by atoms with Crippen LogP contribution in [0.4, 0.5) is 4.79 Å². The number of nitrogens with zero attached hydrogens (tertiary/aromatic N) is 1. The van der Waals surface area contributed by atoms with E-state index in [0.29, 0.717) is 12.0 Å². The highest BCUT2D eigenvalue weighted by atomic mass is 16.2. The number of rotatable bonds is 6. The summed E-state index contributed by atoms with van der Waals surface area (Å²) in [6.45, 7) is 7.46. The average Bonchev–Trinajstić information content (AvgIpc) is 2.98. The Morgan fingerprint density at radius 3 is 2.32 bits per heavy atom. The lowest BCUT2D eigenvalue weighted by Crippen LogP contribution is -2.55. The number of primary amides is 1. The van der Waals surface area contributed by atoms with Gasteiger partial charge in [0, 0.05) is 17.1 Å². The van der Waals surface area contributed by atoms with Crippen molar-refractivity contribution < 1.29 is 14.4 Å². The van der Waals surface area contributed by atoms with Gasteiger partial charge in [-0.15, -0.1) is 0 Å². The lowest BCUT2D eigenvalue weighted by Gasteiger charge is -2.22. The molecule has 8 heteroatoms. The van der Waals surface area contributed by atoms with Crippen molar-refractivity contribution in [2.24, 2.45) is 11.7 Å². The number of benzene rings is 1. The Kier molecular flexibility index (Phi) is 6.81. The summed E-state index contributed by atoms with van der Waals surface area (Å²) < 4.78 is 1.97. The zero-order valence-corrected chi connectivity index (χ0v) is 16.6. The van der Waals surface area contributed by atoms with Crippen LogP contribution in [0.2, 0.25) is 0 Å². The maximum atomic E-state index is 12.6. The highest BCUT2D eigenvalue weighted by Crippen LogP contribution is 2.20. The molecular weight excluding hydrogens is 358 g/mol. The number of hydrogen-bond acceptors (Lipinski definition) is 3. The molecule has 5 N–H and O–H groups in total. The number of hydrogen-bond donors (Lipinski definition) is 4. The normalized spacial score (nSPS) is 12.7. The third kappa shape index (κ3) is 4.70. The Balaban J connectivity index is 2.13. The zero-order chi connectivity index (χ0) is 20.8. The second-order valence-corrected chi connectivity index (χ2v) is 6.77. The smallest absolute Gasteiger partial charge is 0.312 e. The molecule has 0 spiro atoms. The predicted octanol–water partition coefficient (Wildman–Crippen LogP) is 1.94. The van der Waals surface area contributed by atoms with E-state index >= 15 is 0 Å². The average molecular weight is 385 g/mol. The first-order chi connectivity index (χ1) is 13.3. The molecule has 4 amide bonds. The third-order valence-corrected chi connectivity index (χ3v) is 4.78. The van der Waals surface area contributed by atoms with Crippen LogP contribution in [0, 0.1) is 19.8 Å². The van der Waals surface area contributed by atoms with Crippen molar-refractivity contribution in [1.82, 2.24) is 20.7 Å². The Morgan fingerprint density at radius 1 is 1.11 bits per heavy atom. The highest BCUT2D eigenvalue weighted by Gasteiger charge is 2.26. The van der Waals surface area contributed by atoms with Crippen molar-refractivity contribution in [3.8, 4) is 5.69 Å². The topological polar surface area (TPSA) is 118 Å². The number of para-hydroxylation sites is 1. The van der Waals surface area contributed by atoms with Crippen LogP contribution in [0.1, 0.15) is 42.0 Å². The standard InChI is InChI=1S/C20H27N5O3/c1-5-12(2)17(22-20(21)28)19(27)24-23-18(26)16-11-13(3)25(14(16)4)15-9-7-6-8-10-15/h6-12,17H,5H2,1-4H3,(H,23,26)(H,24,27)(H3,21,22,28)/t12-,17+/m0/s1. The van der Waals surface area contributed by atoms with Gasteiger partial charge in [0.05, 0.1) is 5.56 Å². The molecule has 0 aliphatic carbocycles. The molecule has 150 valence electrons. The molecule has 8 nitrogen and oxygen atoms in total. The van der Waals surface area contributed by atoms with Gasteiger partial charge in [-0.1, -0.05) is 38.5 Å². The van der Waals surface area contributed by atoms with Gasteiger partial charge >= 0.3 is 6.03 Å². The summed E-state index contributed by atoms with van der Waals surface area (Å²) in [6.07, 6.45) is 0.657. The van der Waals surface area contributed by atoms with Crippen molar-refractivity contribution in [3.05, 3.63) is 53.3 Å². The minimum Gasteiger partial charge on any atom is -0.352 e. The van der Waals surface area contributed by atoms with E-state index in [1.807, 2.05) is 62.6 Å². The maximum Gasteiger partial charge on any atom is 0.312 e. The number of aromatic nitrogens is 1. The van der Waals surface area contributed by atoms with Gasteiger partial charge in [-0.25, -0.2) is 4.79 Å². The van der Waals surface area contributed by atoms with Crippen LogP contribution in [0.3, 0.4) is 0 Å². The summed E-state index contributed by atoms with van der Waals surface area (Å²) in [6, 6.07) is 9.82. The fourth-order valence-corrected chi connectivity index (χ4v) is 3.09. The van der Waals surface area contributed by atoms with Crippen LogP contribution in [0.5, 0.6) is 0 Å². The van der Waals surface area contributed by atoms with Crippen molar-refractivity contribution in [3.63, 3.8) is 0 Å². The van der Waals surface area contributed by atoms with Crippen LogP contribution < -0.4 is 21.9 Å². The number of hydrazine groups is 1. The Bertz CT molecular complexity index is 860. The van der Waals surface area contributed by atoms with Crippen molar-refractivity contribution in [2.45, 2.75) is 40.2 Å². The number of aryl methyl sites for hydroxylation is 1. The van der Waals surface area contributed by atoms with Crippen molar-refractivity contribution in [1.29, 1.82) is 0 Å². The lowest BCUT2D eigenvalue weighted by atomic mass is 9.99. The molecule has 0 aliphatic heterocycles. The maximum absolute atomic E-state index is 12.6. The third-order valence-electron chi connectivity index (χ3n) is 4.78. The highest BCUT2D eigenvalue weighted by molar-refractivity contribution is 5.97. The van der Waals surface area contributed by atoms with E-state index in [9.17, 15) is 14.4 Å². The number of urea groups is 1. The van der Waals surface area contributed by atoms with Crippen LogP contribution in [-0.2, 0) is 4.79 Å². The molecule has 28 heavy (non-hydrogen) atoms. The summed E-state index contributed by atoms with van der Waals surface area (Å²) >= 11 is 0. The van der Waals surface area contributed by atoms with Crippen LogP contribution in [0.25, 0.3) is 5.69 Å². The number of amides is 4. The molecule has 0 unspecified atom stereocenters. The predicted molar refractivity (Wildman–Crippen MR) is 107 cm³/mol. The number of carbonyl (C=O) groups excluding carboxylic acids is 3. The van der Waals surface area contributed by atoms with Crippen molar-refractivity contribution in [2.75, 3.05) is 0 Å². The van der Waals surface area contributed by atoms with E-state index in [1.165, 1.54) is 0 Å². The largest absolute Gasteiger partial charge is 0.352 e. The van der Waals surface area contributed by atoms with Gasteiger partial charge in [-0.2, -0.15) is 0 Å². The molecule has 2 rings (SSSR count). The van der Waals surface area contributed by atoms with Gasteiger partial charge in [0.2, 0.25) is 0 Å². The molecule has 0 saturated heterocycles. The SMILES string of the molecule is CC[C@H](C)[C@@H](NC(N)=O)C(=O)NNC(=O)c1cc(C)n(-c2ccccc2)c1C. The van der Waals surface area contributed by atoms with Crippen LogP contribution in [0.15, 0.2) is 36.4 Å². The number of nitrogens with two attached hydrogens (primary N) is 1. The molecule has 0 fully saturated rings. The first kappa shape index (κ1) is 21.0. The first-order valence-corrected chi connectivity index (χ1v) is 9.16. The fraction of sp³-hybridized carbons (Fsp3) is 0.350. The number of carbonyl (C=O) groups is 3. The van der Waals surface area contributed by atoms with E-state index in [2.05, 4.69) is 16.2 Å². The quantitative estimate of drug-likeness (QED) is 0.569. The minimum atomic E-state index is -0.834. The molecule has 0 saturated carbocycles. The van der Waals surface area contributed by atoms with Crippen LogP contribution >= 0.6 is 0 Å². The lowest BCUT2D eigenvalue weighted by molar-refractivity contribution is -0.124. The molecule has 0 aliphatic rings. The molecule has 2 aromatic rings. The van der Waals surface area contributed by atoms with E-state index in [-0.39, 0.29) is 5.92 Å². The van der Waals surface area contributed by atoms with E-state index < -0.39 is 23.9 Å². The van der Waals surface area contributed by atoms with Crippen LogP contribution in [-0.4, -0.2) is 28.5 Å². The van der Waals surface area contributed by atoms with E-state index in [0.717, 1.165) is 17.1 Å². The summed E-state index contributed by atoms with van der Waals surface area (Å²) in [5, 5.41) is 2.41. The molecule has 1 heterocycles. The van der Waals surface area contributed by atoms with E-state index in [4.69, 9.17) is 5.73 Å². The molecule has 1 aromatic carbocycles.